The van der Waals surface area contributed by atoms with E-state index >= 15 is 0 Å². The fraction of sp³-hybridized carbons (Fsp3) is 0.400. The molecule has 31 heavy (non-hydrogen) atoms. The second kappa shape index (κ2) is 9.04. The molecule has 3 aromatic heterocycles. The Morgan fingerprint density at radius 2 is 2.03 bits per heavy atom. The molecule has 0 atom stereocenters. The molecule has 1 aliphatic rings. The second-order valence-electron chi connectivity index (χ2n) is 7.15. The lowest BCUT2D eigenvalue weighted by Gasteiger charge is -2.23. The first-order valence-electron chi connectivity index (χ1n) is 9.81. The minimum absolute atomic E-state index is 0.0162. The lowest BCUT2D eigenvalue weighted by atomic mass is 10.2. The van der Waals surface area contributed by atoms with Gasteiger partial charge in [0.25, 0.3) is 0 Å². The number of halogens is 3. The molecule has 7 nitrogen and oxygen atoms in total. The van der Waals surface area contributed by atoms with E-state index in [1.54, 1.807) is 16.2 Å². The van der Waals surface area contributed by atoms with Gasteiger partial charge in [0.05, 0.1) is 5.56 Å². The molecular weight excluding hydrogens is 431 g/mol. The quantitative estimate of drug-likeness (QED) is 0.586. The topological polar surface area (TPSA) is 75.4 Å². The highest BCUT2D eigenvalue weighted by atomic mass is 32.1. The number of amides is 1. The van der Waals surface area contributed by atoms with Gasteiger partial charge in [-0.2, -0.15) is 29.5 Å². The summed E-state index contributed by atoms with van der Waals surface area (Å²) in [6.07, 6.45) is -2.24. The van der Waals surface area contributed by atoms with Gasteiger partial charge >= 0.3 is 6.18 Å². The molecule has 1 fully saturated rings. The summed E-state index contributed by atoms with van der Waals surface area (Å²) in [5, 5.41) is 7.79. The Kier molecular flexibility index (Phi) is 6.21. The third-order valence-corrected chi connectivity index (χ3v) is 5.73. The van der Waals surface area contributed by atoms with Crippen molar-refractivity contribution in [2.24, 2.45) is 0 Å². The van der Waals surface area contributed by atoms with E-state index in [1.807, 2.05) is 21.7 Å². The van der Waals surface area contributed by atoms with E-state index in [-0.39, 0.29) is 12.3 Å². The van der Waals surface area contributed by atoms with Crippen LogP contribution in [-0.4, -0.2) is 52.1 Å². The molecule has 0 N–H and O–H groups in total. The Hall–Kier alpha value is -2.95. The molecular formula is C20H20F3N5O2S. The van der Waals surface area contributed by atoms with Crippen LogP contribution in [0.2, 0.25) is 0 Å². The maximum atomic E-state index is 12.7. The summed E-state index contributed by atoms with van der Waals surface area (Å²) in [4.78, 5) is 24.6. The van der Waals surface area contributed by atoms with Gasteiger partial charge in [0.2, 0.25) is 17.6 Å². The van der Waals surface area contributed by atoms with E-state index in [9.17, 15) is 18.0 Å². The van der Waals surface area contributed by atoms with Crippen LogP contribution in [0.4, 0.5) is 19.0 Å². The molecule has 0 bridgehead atoms. The van der Waals surface area contributed by atoms with Gasteiger partial charge in [-0.25, -0.2) is 4.98 Å². The van der Waals surface area contributed by atoms with Crippen molar-refractivity contribution in [1.82, 2.24) is 20.0 Å². The summed E-state index contributed by atoms with van der Waals surface area (Å²) in [5.74, 6) is 1.39. The Labute approximate surface area is 180 Å². The van der Waals surface area contributed by atoms with Crippen molar-refractivity contribution in [3.63, 3.8) is 0 Å². The number of hydrogen-bond donors (Lipinski definition) is 0. The zero-order chi connectivity index (χ0) is 21.8. The van der Waals surface area contributed by atoms with Crippen molar-refractivity contribution in [2.45, 2.75) is 25.4 Å². The monoisotopic (exact) mass is 451 g/mol. The van der Waals surface area contributed by atoms with Crippen molar-refractivity contribution >= 4 is 23.1 Å². The number of carbonyl (C=O) groups is 1. The standard InChI is InChI=1S/C20H20F3N5O2S/c21-20(22,23)15-2-3-16(24-12-15)27-7-1-8-28(10-9-27)18(29)5-4-17-25-19(26-30-17)14-6-11-31-13-14/h2-3,6,11-13H,1,4-5,7-10H2. The van der Waals surface area contributed by atoms with Crippen LogP contribution in [0.15, 0.2) is 39.7 Å². The normalized spacial score (nSPS) is 15.2. The zero-order valence-corrected chi connectivity index (χ0v) is 17.3. The van der Waals surface area contributed by atoms with Crippen LogP contribution in [-0.2, 0) is 17.4 Å². The van der Waals surface area contributed by atoms with Crippen LogP contribution < -0.4 is 4.90 Å². The van der Waals surface area contributed by atoms with E-state index in [0.717, 1.165) is 17.8 Å². The fourth-order valence-corrected chi connectivity index (χ4v) is 4.01. The highest BCUT2D eigenvalue weighted by molar-refractivity contribution is 7.08. The van der Waals surface area contributed by atoms with Crippen LogP contribution in [0.5, 0.6) is 0 Å². The molecule has 0 saturated carbocycles. The van der Waals surface area contributed by atoms with Crippen molar-refractivity contribution in [2.75, 3.05) is 31.1 Å². The Bertz CT molecular complexity index is 1000. The zero-order valence-electron chi connectivity index (χ0n) is 16.5. The van der Waals surface area contributed by atoms with Gasteiger partial charge in [-0.3, -0.25) is 4.79 Å². The van der Waals surface area contributed by atoms with E-state index in [2.05, 4.69) is 15.1 Å². The lowest BCUT2D eigenvalue weighted by molar-refractivity contribution is -0.137. The van der Waals surface area contributed by atoms with E-state index in [0.29, 0.717) is 56.6 Å². The summed E-state index contributed by atoms with van der Waals surface area (Å²) < 4.78 is 43.4. The van der Waals surface area contributed by atoms with Crippen molar-refractivity contribution < 1.29 is 22.5 Å². The molecule has 1 saturated heterocycles. The smallest absolute Gasteiger partial charge is 0.355 e. The van der Waals surface area contributed by atoms with Crippen molar-refractivity contribution in [3.05, 3.63) is 46.6 Å². The number of alkyl halides is 3. The maximum absolute atomic E-state index is 12.7. The van der Waals surface area contributed by atoms with Gasteiger partial charge in [0, 0.05) is 56.2 Å². The number of rotatable bonds is 5. The van der Waals surface area contributed by atoms with Gasteiger partial charge in [0.15, 0.2) is 0 Å². The largest absolute Gasteiger partial charge is 0.417 e. The maximum Gasteiger partial charge on any atom is 0.417 e. The summed E-state index contributed by atoms with van der Waals surface area (Å²) in [7, 11) is 0. The van der Waals surface area contributed by atoms with Gasteiger partial charge in [0.1, 0.15) is 5.82 Å². The lowest BCUT2D eigenvalue weighted by Crippen LogP contribution is -2.35. The number of hydrogen-bond acceptors (Lipinski definition) is 7. The number of pyridine rings is 1. The number of aryl methyl sites for hydroxylation is 1. The minimum Gasteiger partial charge on any atom is -0.355 e. The van der Waals surface area contributed by atoms with E-state index in [1.165, 1.54) is 6.07 Å². The van der Waals surface area contributed by atoms with Crippen LogP contribution >= 0.6 is 11.3 Å². The first-order valence-corrected chi connectivity index (χ1v) is 10.8. The van der Waals surface area contributed by atoms with E-state index < -0.39 is 11.7 Å². The summed E-state index contributed by atoms with van der Waals surface area (Å²) >= 11 is 1.54. The first-order chi connectivity index (χ1) is 14.9. The average molecular weight is 451 g/mol. The van der Waals surface area contributed by atoms with Crippen LogP contribution in [0, 0.1) is 0 Å². The SMILES string of the molecule is O=C(CCc1nc(-c2ccsc2)no1)N1CCCN(c2ccc(C(F)(F)F)cn2)CC1. The second-order valence-corrected chi connectivity index (χ2v) is 7.93. The molecule has 0 aliphatic carbocycles. The molecule has 4 heterocycles. The molecule has 164 valence electrons. The molecule has 0 aromatic carbocycles. The van der Waals surface area contributed by atoms with Crippen LogP contribution in [0.25, 0.3) is 11.4 Å². The van der Waals surface area contributed by atoms with Crippen molar-refractivity contribution in [3.8, 4) is 11.4 Å². The third-order valence-electron chi connectivity index (χ3n) is 5.05. The highest BCUT2D eigenvalue weighted by Gasteiger charge is 2.31. The van der Waals surface area contributed by atoms with Gasteiger partial charge in [-0.05, 0) is 30.0 Å². The van der Waals surface area contributed by atoms with E-state index in [4.69, 9.17) is 4.52 Å². The average Bonchev–Trinajstić information content (AvgIpc) is 3.39. The summed E-state index contributed by atoms with van der Waals surface area (Å²) in [6, 6.07) is 4.31. The first kappa shape index (κ1) is 21.3. The van der Waals surface area contributed by atoms with Crippen molar-refractivity contribution in [1.29, 1.82) is 0 Å². The molecule has 11 heteroatoms. The van der Waals surface area contributed by atoms with Crippen LogP contribution in [0.3, 0.4) is 0 Å². The predicted molar refractivity (Wildman–Crippen MR) is 109 cm³/mol. The summed E-state index contributed by atoms with van der Waals surface area (Å²) in [5.41, 5.74) is 0.113. The number of carbonyl (C=O) groups excluding carboxylic acids is 1. The minimum atomic E-state index is -4.41. The number of anilines is 1. The molecule has 0 radical (unpaired) electrons. The number of nitrogens with zero attached hydrogens (tertiary/aromatic N) is 5. The molecule has 3 aromatic rings. The Morgan fingerprint density at radius 1 is 1.16 bits per heavy atom. The fourth-order valence-electron chi connectivity index (χ4n) is 3.37. The predicted octanol–water partition coefficient (Wildman–Crippen LogP) is 3.88. The van der Waals surface area contributed by atoms with Gasteiger partial charge < -0.3 is 14.3 Å². The molecule has 0 unspecified atom stereocenters. The molecule has 0 spiro atoms. The number of aromatic nitrogens is 3. The molecule has 1 amide bonds. The molecule has 4 rings (SSSR count). The van der Waals surface area contributed by atoms with Crippen LogP contribution in [0.1, 0.15) is 24.3 Å². The Morgan fingerprint density at radius 3 is 2.74 bits per heavy atom. The Balaban J connectivity index is 1.29. The molecule has 1 aliphatic heterocycles. The number of thiophene rings is 1. The van der Waals surface area contributed by atoms with Gasteiger partial charge in [-0.1, -0.05) is 5.16 Å². The van der Waals surface area contributed by atoms with Gasteiger partial charge in [-0.15, -0.1) is 0 Å². The summed E-state index contributed by atoms with van der Waals surface area (Å²) in [6.45, 7) is 2.19. The third kappa shape index (κ3) is 5.22. The highest BCUT2D eigenvalue weighted by Crippen LogP contribution is 2.29.